The van der Waals surface area contributed by atoms with Crippen LogP contribution in [0.2, 0.25) is 0 Å². The molecule has 0 aromatic heterocycles. The third kappa shape index (κ3) is 4.02. The number of nitrogens with zero attached hydrogens (tertiary/aromatic N) is 1. The SMILES string of the molecule is Cc1cc(C)cc(C2=CCN(C(=O)Cc3ccccc3C(=O)O)CC2)c1. The Morgan fingerprint density at radius 2 is 1.77 bits per heavy atom. The summed E-state index contributed by atoms with van der Waals surface area (Å²) in [5, 5.41) is 9.26. The molecule has 0 atom stereocenters. The van der Waals surface area contributed by atoms with Gasteiger partial charge in [0, 0.05) is 13.1 Å². The van der Waals surface area contributed by atoms with Gasteiger partial charge in [-0.2, -0.15) is 0 Å². The minimum Gasteiger partial charge on any atom is -0.478 e. The molecule has 0 unspecified atom stereocenters. The fraction of sp³-hybridized carbons (Fsp3) is 0.273. The van der Waals surface area contributed by atoms with Gasteiger partial charge in [-0.3, -0.25) is 4.79 Å². The van der Waals surface area contributed by atoms with Gasteiger partial charge in [0.2, 0.25) is 5.91 Å². The molecule has 0 radical (unpaired) electrons. The molecule has 4 nitrogen and oxygen atoms in total. The van der Waals surface area contributed by atoms with E-state index < -0.39 is 5.97 Å². The number of carbonyl (C=O) groups excluding carboxylic acids is 1. The zero-order valence-electron chi connectivity index (χ0n) is 15.2. The zero-order chi connectivity index (χ0) is 18.7. The van der Waals surface area contributed by atoms with E-state index in [2.05, 4.69) is 38.1 Å². The number of hydrogen-bond acceptors (Lipinski definition) is 2. The lowest BCUT2D eigenvalue weighted by Gasteiger charge is -2.27. The molecule has 0 fully saturated rings. The largest absolute Gasteiger partial charge is 0.478 e. The summed E-state index contributed by atoms with van der Waals surface area (Å²) < 4.78 is 0. The Hall–Kier alpha value is -2.88. The van der Waals surface area contributed by atoms with Gasteiger partial charge in [-0.25, -0.2) is 4.79 Å². The summed E-state index contributed by atoms with van der Waals surface area (Å²) >= 11 is 0. The first kappa shape index (κ1) is 17.9. The van der Waals surface area contributed by atoms with Crippen molar-refractivity contribution in [3.63, 3.8) is 0 Å². The van der Waals surface area contributed by atoms with Crippen LogP contribution in [0, 0.1) is 13.8 Å². The maximum Gasteiger partial charge on any atom is 0.335 e. The van der Waals surface area contributed by atoms with E-state index in [-0.39, 0.29) is 17.9 Å². The fourth-order valence-electron chi connectivity index (χ4n) is 3.48. The number of carboxylic acids is 1. The average molecular weight is 349 g/mol. The van der Waals surface area contributed by atoms with Crippen LogP contribution >= 0.6 is 0 Å². The number of aryl methyl sites for hydroxylation is 2. The van der Waals surface area contributed by atoms with Crippen molar-refractivity contribution in [1.29, 1.82) is 0 Å². The number of rotatable bonds is 4. The van der Waals surface area contributed by atoms with Crippen molar-refractivity contribution in [1.82, 2.24) is 4.90 Å². The van der Waals surface area contributed by atoms with Crippen LogP contribution in [0.4, 0.5) is 0 Å². The van der Waals surface area contributed by atoms with E-state index in [0.717, 1.165) is 6.42 Å². The summed E-state index contributed by atoms with van der Waals surface area (Å²) in [6.07, 6.45) is 3.04. The molecule has 0 bridgehead atoms. The first-order chi connectivity index (χ1) is 12.4. The molecule has 2 aromatic rings. The third-order valence-corrected chi connectivity index (χ3v) is 4.74. The zero-order valence-corrected chi connectivity index (χ0v) is 15.2. The van der Waals surface area contributed by atoms with Crippen LogP contribution in [-0.2, 0) is 11.2 Å². The Morgan fingerprint density at radius 1 is 1.08 bits per heavy atom. The van der Waals surface area contributed by atoms with Crippen molar-refractivity contribution < 1.29 is 14.7 Å². The molecule has 134 valence electrons. The number of amides is 1. The monoisotopic (exact) mass is 349 g/mol. The molecule has 0 saturated carbocycles. The average Bonchev–Trinajstić information content (AvgIpc) is 2.61. The van der Waals surface area contributed by atoms with E-state index in [9.17, 15) is 14.7 Å². The van der Waals surface area contributed by atoms with Gasteiger partial charge in [-0.15, -0.1) is 0 Å². The normalized spacial score (nSPS) is 14.1. The molecule has 26 heavy (non-hydrogen) atoms. The Bertz CT molecular complexity index is 862. The lowest BCUT2D eigenvalue weighted by atomic mass is 9.96. The molecule has 4 heteroatoms. The summed E-state index contributed by atoms with van der Waals surface area (Å²) in [6, 6.07) is 13.2. The van der Waals surface area contributed by atoms with Gasteiger partial charge >= 0.3 is 5.97 Å². The van der Waals surface area contributed by atoms with Crippen LogP contribution < -0.4 is 0 Å². The molecule has 0 saturated heterocycles. The molecule has 1 heterocycles. The minimum absolute atomic E-state index is 0.0329. The van der Waals surface area contributed by atoms with E-state index in [1.807, 2.05) is 0 Å². The summed E-state index contributed by atoms with van der Waals surface area (Å²) in [4.78, 5) is 25.7. The van der Waals surface area contributed by atoms with Gasteiger partial charge in [-0.05, 0) is 43.0 Å². The molecule has 1 amide bonds. The van der Waals surface area contributed by atoms with Crippen molar-refractivity contribution >= 4 is 17.4 Å². The molecule has 1 aliphatic heterocycles. The van der Waals surface area contributed by atoms with Crippen molar-refractivity contribution in [2.24, 2.45) is 0 Å². The Labute approximate surface area is 153 Å². The lowest BCUT2D eigenvalue weighted by Crippen LogP contribution is -2.36. The van der Waals surface area contributed by atoms with E-state index in [1.54, 1.807) is 29.2 Å². The molecule has 0 aliphatic carbocycles. The van der Waals surface area contributed by atoms with E-state index in [0.29, 0.717) is 18.7 Å². The van der Waals surface area contributed by atoms with Crippen LogP contribution in [0.5, 0.6) is 0 Å². The quantitative estimate of drug-likeness (QED) is 0.912. The van der Waals surface area contributed by atoms with Gasteiger partial charge in [0.05, 0.1) is 12.0 Å². The minimum atomic E-state index is -0.996. The molecule has 1 aliphatic rings. The topological polar surface area (TPSA) is 57.6 Å². The summed E-state index contributed by atoms with van der Waals surface area (Å²) in [5.74, 6) is -1.03. The summed E-state index contributed by atoms with van der Waals surface area (Å²) in [7, 11) is 0. The molecule has 3 rings (SSSR count). The third-order valence-electron chi connectivity index (χ3n) is 4.74. The van der Waals surface area contributed by atoms with Crippen LogP contribution in [0.3, 0.4) is 0 Å². The highest BCUT2D eigenvalue weighted by Gasteiger charge is 2.20. The Balaban J connectivity index is 1.70. The number of benzene rings is 2. The van der Waals surface area contributed by atoms with Gasteiger partial charge in [0.15, 0.2) is 0 Å². The molecular weight excluding hydrogens is 326 g/mol. The molecule has 2 aromatic carbocycles. The van der Waals surface area contributed by atoms with E-state index >= 15 is 0 Å². The molecular formula is C22H23NO3. The molecule has 0 spiro atoms. The number of carbonyl (C=O) groups is 2. The van der Waals surface area contributed by atoms with Crippen molar-refractivity contribution in [2.45, 2.75) is 26.7 Å². The first-order valence-corrected chi connectivity index (χ1v) is 8.80. The Morgan fingerprint density at radius 3 is 2.38 bits per heavy atom. The Kier molecular flexibility index (Phi) is 5.21. The van der Waals surface area contributed by atoms with Gasteiger partial charge < -0.3 is 10.0 Å². The second kappa shape index (κ2) is 7.56. The number of hydrogen-bond donors (Lipinski definition) is 1. The van der Waals surface area contributed by atoms with E-state index in [1.165, 1.54) is 22.3 Å². The summed E-state index contributed by atoms with van der Waals surface area (Å²) in [6.45, 7) is 5.41. The van der Waals surface area contributed by atoms with Gasteiger partial charge in [-0.1, -0.05) is 53.6 Å². The predicted molar refractivity (Wildman–Crippen MR) is 102 cm³/mol. The standard InChI is InChI=1S/C22H23NO3/c1-15-11-16(2)13-19(12-15)17-7-9-23(10-8-17)21(24)14-18-5-3-4-6-20(18)22(25)26/h3-7,11-13H,8-10,14H2,1-2H3,(H,25,26). The van der Waals surface area contributed by atoms with Gasteiger partial charge in [0.25, 0.3) is 0 Å². The van der Waals surface area contributed by atoms with Gasteiger partial charge in [0.1, 0.15) is 0 Å². The number of carboxylic acid groups (broad SMARTS) is 1. The smallest absolute Gasteiger partial charge is 0.335 e. The lowest BCUT2D eigenvalue weighted by molar-refractivity contribution is -0.130. The second-order valence-corrected chi connectivity index (χ2v) is 6.83. The highest BCUT2D eigenvalue weighted by molar-refractivity contribution is 5.91. The second-order valence-electron chi connectivity index (χ2n) is 6.83. The van der Waals surface area contributed by atoms with Crippen LogP contribution in [0.15, 0.2) is 48.5 Å². The maximum atomic E-state index is 12.6. The van der Waals surface area contributed by atoms with E-state index in [4.69, 9.17) is 0 Å². The predicted octanol–water partition coefficient (Wildman–Crippen LogP) is 3.86. The van der Waals surface area contributed by atoms with Crippen molar-refractivity contribution in [3.05, 3.63) is 76.4 Å². The molecule has 1 N–H and O–H groups in total. The fourth-order valence-corrected chi connectivity index (χ4v) is 3.48. The van der Waals surface area contributed by atoms with Crippen molar-refractivity contribution in [2.75, 3.05) is 13.1 Å². The van der Waals surface area contributed by atoms with Crippen LogP contribution in [0.25, 0.3) is 5.57 Å². The highest BCUT2D eigenvalue weighted by atomic mass is 16.4. The van der Waals surface area contributed by atoms with Crippen LogP contribution in [-0.4, -0.2) is 35.0 Å². The summed E-state index contributed by atoms with van der Waals surface area (Å²) in [5.41, 5.74) is 5.74. The first-order valence-electron chi connectivity index (χ1n) is 8.80. The van der Waals surface area contributed by atoms with Crippen LogP contribution in [0.1, 0.15) is 39.0 Å². The maximum absolute atomic E-state index is 12.6. The van der Waals surface area contributed by atoms with Crippen molar-refractivity contribution in [3.8, 4) is 0 Å². The number of aromatic carboxylic acids is 1. The highest BCUT2D eigenvalue weighted by Crippen LogP contribution is 2.25.